The minimum absolute atomic E-state index is 0.163. The Labute approximate surface area is 119 Å². The normalized spacial score (nSPS) is 10.0. The van der Waals surface area contributed by atoms with Gasteiger partial charge in [0.05, 0.1) is 20.3 Å². The monoisotopic (exact) mass is 292 g/mol. The Balaban J connectivity index is 2.20. The molecule has 0 atom stereocenters. The number of anilines is 1. The molecule has 0 saturated heterocycles. The molecule has 1 amide bonds. The Morgan fingerprint density at radius 1 is 1.19 bits per heavy atom. The number of nitro groups is 1. The number of nitrogens with one attached hydrogen (secondary N) is 1. The van der Waals surface area contributed by atoms with E-state index in [1.54, 1.807) is 18.2 Å². The molecule has 0 radical (unpaired) electrons. The fraction of sp³-hybridized carbons (Fsp3) is 0.154. The maximum Gasteiger partial charge on any atom is 0.433 e. The van der Waals surface area contributed by atoms with E-state index in [2.05, 4.69) is 5.32 Å². The minimum atomic E-state index is -0.717. The largest absolute Gasteiger partial charge is 0.497 e. The van der Waals surface area contributed by atoms with Gasteiger partial charge in [0.1, 0.15) is 16.4 Å². The van der Waals surface area contributed by atoms with Gasteiger partial charge >= 0.3 is 5.88 Å². The van der Waals surface area contributed by atoms with Crippen LogP contribution in [0.3, 0.4) is 0 Å². The average Bonchev–Trinajstić information content (AvgIpc) is 2.97. The number of hydrogen-bond donors (Lipinski definition) is 1. The summed E-state index contributed by atoms with van der Waals surface area (Å²) in [6, 6.07) is 7.15. The highest BCUT2D eigenvalue weighted by Crippen LogP contribution is 2.26. The lowest BCUT2D eigenvalue weighted by molar-refractivity contribution is -0.402. The quantitative estimate of drug-likeness (QED) is 0.670. The highest BCUT2D eigenvalue weighted by atomic mass is 16.6. The van der Waals surface area contributed by atoms with E-state index in [-0.39, 0.29) is 5.76 Å². The van der Waals surface area contributed by atoms with Crippen molar-refractivity contribution < 1.29 is 23.6 Å². The standard InChI is InChI=1S/C13H12N2O6/c1-19-9-5-8(6-10(7-9)20-2)14-13(16)11-3-4-12(21-11)15(17)18/h3-7H,1-2H3,(H,14,16). The number of rotatable bonds is 5. The van der Waals surface area contributed by atoms with E-state index in [4.69, 9.17) is 13.9 Å². The number of hydrogen-bond acceptors (Lipinski definition) is 6. The smallest absolute Gasteiger partial charge is 0.433 e. The van der Waals surface area contributed by atoms with Crippen molar-refractivity contribution >= 4 is 17.5 Å². The van der Waals surface area contributed by atoms with Crippen molar-refractivity contribution in [2.45, 2.75) is 0 Å². The summed E-state index contributed by atoms with van der Waals surface area (Å²) in [4.78, 5) is 21.7. The molecule has 2 aromatic rings. The van der Waals surface area contributed by atoms with E-state index in [0.717, 1.165) is 6.07 Å². The molecule has 0 saturated carbocycles. The summed E-state index contributed by atoms with van der Waals surface area (Å²) < 4.78 is 15.0. The first-order valence-corrected chi connectivity index (χ1v) is 5.82. The van der Waals surface area contributed by atoms with Crippen LogP contribution in [-0.2, 0) is 0 Å². The summed E-state index contributed by atoms with van der Waals surface area (Å²) >= 11 is 0. The number of methoxy groups -OCH3 is 2. The zero-order chi connectivity index (χ0) is 15.4. The molecule has 0 spiro atoms. The minimum Gasteiger partial charge on any atom is -0.497 e. The molecule has 21 heavy (non-hydrogen) atoms. The van der Waals surface area contributed by atoms with Gasteiger partial charge in [0.25, 0.3) is 5.91 Å². The summed E-state index contributed by atoms with van der Waals surface area (Å²) in [6.07, 6.45) is 0. The van der Waals surface area contributed by atoms with Crippen LogP contribution in [0.15, 0.2) is 34.7 Å². The molecule has 0 aliphatic rings. The fourth-order valence-corrected chi connectivity index (χ4v) is 1.62. The Morgan fingerprint density at radius 3 is 2.29 bits per heavy atom. The Morgan fingerprint density at radius 2 is 1.81 bits per heavy atom. The zero-order valence-corrected chi connectivity index (χ0v) is 11.3. The number of benzene rings is 1. The van der Waals surface area contributed by atoms with Gasteiger partial charge in [-0.15, -0.1) is 0 Å². The lowest BCUT2D eigenvalue weighted by Gasteiger charge is -2.08. The number of ether oxygens (including phenoxy) is 2. The molecule has 0 aliphatic heterocycles. The fourth-order valence-electron chi connectivity index (χ4n) is 1.62. The summed E-state index contributed by atoms with van der Waals surface area (Å²) in [5.41, 5.74) is 0.412. The molecule has 0 unspecified atom stereocenters. The third-order valence-corrected chi connectivity index (χ3v) is 2.60. The molecule has 8 heteroatoms. The van der Waals surface area contributed by atoms with Crippen molar-refractivity contribution in [3.63, 3.8) is 0 Å². The van der Waals surface area contributed by atoms with Gasteiger partial charge in [-0.25, -0.2) is 0 Å². The third-order valence-electron chi connectivity index (χ3n) is 2.60. The van der Waals surface area contributed by atoms with Crippen molar-refractivity contribution in [2.75, 3.05) is 19.5 Å². The van der Waals surface area contributed by atoms with Gasteiger partial charge in [0.2, 0.25) is 0 Å². The number of carbonyl (C=O) groups excluding carboxylic acids is 1. The second-order valence-corrected chi connectivity index (χ2v) is 3.95. The van der Waals surface area contributed by atoms with Crippen molar-refractivity contribution in [2.24, 2.45) is 0 Å². The SMILES string of the molecule is COc1cc(NC(=O)c2ccc([N+](=O)[O-])o2)cc(OC)c1. The van der Waals surface area contributed by atoms with E-state index >= 15 is 0 Å². The Bertz CT molecular complexity index is 657. The second kappa shape index (κ2) is 5.95. The van der Waals surface area contributed by atoms with Gasteiger partial charge in [-0.2, -0.15) is 0 Å². The van der Waals surface area contributed by atoms with Crippen LogP contribution >= 0.6 is 0 Å². The van der Waals surface area contributed by atoms with Crippen LogP contribution in [0, 0.1) is 10.1 Å². The van der Waals surface area contributed by atoms with Crippen molar-refractivity contribution in [1.29, 1.82) is 0 Å². The van der Waals surface area contributed by atoms with Crippen molar-refractivity contribution in [3.05, 3.63) is 46.2 Å². The molecule has 110 valence electrons. The van der Waals surface area contributed by atoms with Crippen molar-refractivity contribution in [3.8, 4) is 11.5 Å². The molecule has 1 aromatic heterocycles. The first-order valence-electron chi connectivity index (χ1n) is 5.82. The second-order valence-electron chi connectivity index (χ2n) is 3.95. The summed E-state index contributed by atoms with van der Waals surface area (Å²) in [5.74, 6) is -0.282. The van der Waals surface area contributed by atoms with Crippen LogP contribution in [0.1, 0.15) is 10.6 Å². The topological polar surface area (TPSA) is 104 Å². The van der Waals surface area contributed by atoms with E-state index < -0.39 is 16.7 Å². The predicted octanol–water partition coefficient (Wildman–Crippen LogP) is 2.46. The first-order chi connectivity index (χ1) is 10.0. The molecule has 1 N–H and O–H groups in total. The molecule has 1 aromatic carbocycles. The van der Waals surface area contributed by atoms with Gasteiger partial charge in [-0.3, -0.25) is 14.9 Å². The summed E-state index contributed by atoms with van der Waals surface area (Å²) in [5, 5.41) is 13.1. The van der Waals surface area contributed by atoms with Crippen LogP contribution in [0.4, 0.5) is 11.6 Å². The van der Waals surface area contributed by atoms with Gasteiger partial charge in [-0.05, 0) is 6.07 Å². The highest BCUT2D eigenvalue weighted by molar-refractivity contribution is 6.02. The molecule has 0 fully saturated rings. The molecular formula is C13H12N2O6. The Kier molecular flexibility index (Phi) is 4.07. The number of nitrogens with zero attached hydrogens (tertiary/aromatic N) is 1. The van der Waals surface area contributed by atoms with Crippen molar-refractivity contribution in [1.82, 2.24) is 0 Å². The molecule has 2 rings (SSSR count). The summed E-state index contributed by atoms with van der Waals surface area (Å²) in [6.45, 7) is 0. The van der Waals surface area contributed by atoms with Crippen LogP contribution in [0.25, 0.3) is 0 Å². The van der Waals surface area contributed by atoms with E-state index in [0.29, 0.717) is 17.2 Å². The first kappa shape index (κ1) is 14.4. The lowest BCUT2D eigenvalue weighted by Crippen LogP contribution is -2.11. The third kappa shape index (κ3) is 3.30. The molecule has 0 aliphatic carbocycles. The molecule has 1 heterocycles. The van der Waals surface area contributed by atoms with Gasteiger partial charge in [-0.1, -0.05) is 0 Å². The van der Waals surface area contributed by atoms with Gasteiger partial charge in [0, 0.05) is 23.9 Å². The van der Waals surface area contributed by atoms with Crippen LogP contribution in [0.5, 0.6) is 11.5 Å². The predicted molar refractivity (Wildman–Crippen MR) is 72.9 cm³/mol. The molecule has 0 bridgehead atoms. The summed E-state index contributed by atoms with van der Waals surface area (Å²) in [7, 11) is 2.96. The van der Waals surface area contributed by atoms with Crippen LogP contribution < -0.4 is 14.8 Å². The zero-order valence-electron chi connectivity index (χ0n) is 11.3. The van der Waals surface area contributed by atoms with Gasteiger partial charge < -0.3 is 19.2 Å². The maximum absolute atomic E-state index is 11.9. The highest BCUT2D eigenvalue weighted by Gasteiger charge is 2.17. The number of furan rings is 1. The van der Waals surface area contributed by atoms with E-state index in [1.165, 1.54) is 20.3 Å². The van der Waals surface area contributed by atoms with Crippen LogP contribution in [-0.4, -0.2) is 25.1 Å². The van der Waals surface area contributed by atoms with Crippen LogP contribution in [0.2, 0.25) is 0 Å². The lowest BCUT2D eigenvalue weighted by atomic mass is 10.2. The Hall–Kier alpha value is -3.03. The van der Waals surface area contributed by atoms with E-state index in [9.17, 15) is 14.9 Å². The molecular weight excluding hydrogens is 280 g/mol. The maximum atomic E-state index is 11.9. The average molecular weight is 292 g/mol. The van der Waals surface area contributed by atoms with Gasteiger partial charge in [0.15, 0.2) is 5.76 Å². The molecule has 8 nitrogen and oxygen atoms in total. The number of carbonyl (C=O) groups is 1. The van der Waals surface area contributed by atoms with E-state index in [1.807, 2.05) is 0 Å². The number of amides is 1.